The zero-order chi connectivity index (χ0) is 20.2. The van der Waals surface area contributed by atoms with Gasteiger partial charge in [0.15, 0.2) is 0 Å². The number of nitrogens with one attached hydrogen (secondary N) is 2. The molecule has 1 aliphatic rings. The maximum atomic E-state index is 12.6. The highest BCUT2D eigenvalue weighted by atomic mass is 31.2. The molecule has 1 aromatic rings. The lowest BCUT2D eigenvalue weighted by atomic mass is 9.94. The number of rotatable bonds is 8. The molecule has 0 aliphatic carbocycles. The van der Waals surface area contributed by atoms with Gasteiger partial charge in [-0.2, -0.15) is 0 Å². The lowest BCUT2D eigenvalue weighted by Gasteiger charge is -2.21. The zero-order valence-electron chi connectivity index (χ0n) is 15.4. The minimum Gasteiger partial charge on any atom is -0.480 e. The summed E-state index contributed by atoms with van der Waals surface area (Å²) in [5.74, 6) is -2.93. The molecular weight excluding hydrogens is 371 g/mol. The van der Waals surface area contributed by atoms with Crippen molar-refractivity contribution in [2.45, 2.75) is 51.0 Å². The number of benzene rings is 1. The molecule has 9 heteroatoms. The van der Waals surface area contributed by atoms with E-state index in [0.717, 1.165) is 5.56 Å². The van der Waals surface area contributed by atoms with E-state index >= 15 is 0 Å². The molecule has 0 spiro atoms. The van der Waals surface area contributed by atoms with E-state index in [2.05, 4.69) is 10.6 Å². The Kier molecular flexibility index (Phi) is 7.17. The van der Waals surface area contributed by atoms with Crippen LogP contribution in [0, 0.1) is 11.8 Å². The molecule has 2 rings (SSSR count). The second-order valence-corrected chi connectivity index (χ2v) is 9.20. The summed E-state index contributed by atoms with van der Waals surface area (Å²) >= 11 is 0. The Balaban J connectivity index is 2.06. The SMILES string of the molecule is CC(C)C[C@@H]1C[C@@H](C(=O)N[C@@H](Cc2ccccc2)C(=O)O)N[C@H]1P(=O)(O)O. The average Bonchev–Trinajstić information content (AvgIpc) is 2.98. The van der Waals surface area contributed by atoms with Crippen LogP contribution >= 0.6 is 7.60 Å². The fourth-order valence-electron chi connectivity index (χ4n) is 3.55. The Bertz CT molecular complexity index is 705. The molecule has 0 bridgehead atoms. The largest absolute Gasteiger partial charge is 0.480 e. The van der Waals surface area contributed by atoms with E-state index in [4.69, 9.17) is 0 Å². The Morgan fingerprint density at radius 1 is 1.26 bits per heavy atom. The molecule has 0 aromatic heterocycles. The van der Waals surface area contributed by atoms with Crippen molar-refractivity contribution in [3.63, 3.8) is 0 Å². The highest BCUT2D eigenvalue weighted by molar-refractivity contribution is 7.52. The van der Waals surface area contributed by atoms with Gasteiger partial charge in [-0.25, -0.2) is 4.79 Å². The van der Waals surface area contributed by atoms with E-state index in [1.807, 2.05) is 19.9 Å². The molecule has 1 aromatic carbocycles. The molecule has 0 saturated carbocycles. The molecule has 27 heavy (non-hydrogen) atoms. The van der Waals surface area contributed by atoms with Crippen molar-refractivity contribution in [1.82, 2.24) is 10.6 Å². The summed E-state index contributed by atoms with van der Waals surface area (Å²) in [7, 11) is -4.42. The number of carboxylic acid groups (broad SMARTS) is 1. The summed E-state index contributed by atoms with van der Waals surface area (Å²) in [5, 5.41) is 14.6. The van der Waals surface area contributed by atoms with Crippen LogP contribution in [-0.4, -0.2) is 44.6 Å². The molecule has 1 saturated heterocycles. The highest BCUT2D eigenvalue weighted by Gasteiger charge is 2.46. The summed E-state index contributed by atoms with van der Waals surface area (Å²) in [6.45, 7) is 3.90. The first kappa shape index (κ1) is 21.6. The quantitative estimate of drug-likeness (QED) is 0.417. The first-order valence-corrected chi connectivity index (χ1v) is 10.6. The van der Waals surface area contributed by atoms with Crippen molar-refractivity contribution < 1.29 is 29.0 Å². The fourth-order valence-corrected chi connectivity index (χ4v) is 4.72. The van der Waals surface area contributed by atoms with E-state index in [0.29, 0.717) is 6.42 Å². The molecule has 0 unspecified atom stereocenters. The molecule has 4 atom stereocenters. The van der Waals surface area contributed by atoms with Crippen molar-refractivity contribution in [2.24, 2.45) is 11.8 Å². The number of carbonyl (C=O) groups excluding carboxylic acids is 1. The third-order valence-electron chi connectivity index (χ3n) is 4.71. The average molecular weight is 398 g/mol. The van der Waals surface area contributed by atoms with Crippen LogP contribution < -0.4 is 10.6 Å². The predicted octanol–water partition coefficient (Wildman–Crippen LogP) is 1.33. The number of carbonyl (C=O) groups is 2. The molecule has 1 aliphatic heterocycles. The molecular formula is C18H27N2O6P. The Hall–Kier alpha value is -1.73. The van der Waals surface area contributed by atoms with E-state index in [1.165, 1.54) is 0 Å². The van der Waals surface area contributed by atoms with Gasteiger partial charge in [-0.05, 0) is 30.2 Å². The van der Waals surface area contributed by atoms with Crippen LogP contribution in [0.25, 0.3) is 0 Å². The molecule has 0 radical (unpaired) electrons. The number of carboxylic acids is 1. The molecule has 1 fully saturated rings. The number of amides is 1. The Morgan fingerprint density at radius 2 is 1.89 bits per heavy atom. The van der Waals surface area contributed by atoms with E-state index < -0.39 is 37.3 Å². The number of hydrogen-bond donors (Lipinski definition) is 5. The molecule has 5 N–H and O–H groups in total. The van der Waals surface area contributed by atoms with Crippen LogP contribution in [0.5, 0.6) is 0 Å². The summed E-state index contributed by atoms with van der Waals surface area (Å²) < 4.78 is 11.8. The van der Waals surface area contributed by atoms with Crippen LogP contribution in [0.4, 0.5) is 0 Å². The minimum absolute atomic E-state index is 0.131. The van der Waals surface area contributed by atoms with Crippen LogP contribution in [0.3, 0.4) is 0 Å². The molecule has 8 nitrogen and oxygen atoms in total. The number of aliphatic carboxylic acids is 1. The third-order valence-corrected chi connectivity index (χ3v) is 6.00. The van der Waals surface area contributed by atoms with Gasteiger partial charge in [-0.1, -0.05) is 44.2 Å². The zero-order valence-corrected chi connectivity index (χ0v) is 16.3. The first-order valence-electron chi connectivity index (χ1n) is 8.96. The summed E-state index contributed by atoms with van der Waals surface area (Å²) in [6, 6.07) is 7.00. The molecule has 1 heterocycles. The molecule has 1 amide bonds. The summed E-state index contributed by atoms with van der Waals surface area (Å²) in [6.07, 6.45) is 0.961. The second-order valence-electron chi connectivity index (χ2n) is 7.47. The molecule has 150 valence electrons. The first-order chi connectivity index (χ1) is 12.6. The topological polar surface area (TPSA) is 136 Å². The van der Waals surface area contributed by atoms with Crippen molar-refractivity contribution in [2.75, 3.05) is 0 Å². The Morgan fingerprint density at radius 3 is 2.41 bits per heavy atom. The van der Waals surface area contributed by atoms with Crippen molar-refractivity contribution >= 4 is 19.5 Å². The minimum atomic E-state index is -4.42. The van der Waals surface area contributed by atoms with E-state index in [9.17, 15) is 29.0 Å². The van der Waals surface area contributed by atoms with Crippen LogP contribution in [0.2, 0.25) is 0 Å². The van der Waals surface area contributed by atoms with Crippen molar-refractivity contribution in [1.29, 1.82) is 0 Å². The van der Waals surface area contributed by atoms with Crippen LogP contribution in [0.15, 0.2) is 30.3 Å². The van der Waals surface area contributed by atoms with Crippen molar-refractivity contribution in [3.05, 3.63) is 35.9 Å². The number of hydrogen-bond acceptors (Lipinski definition) is 4. The maximum Gasteiger partial charge on any atom is 0.342 e. The van der Waals surface area contributed by atoms with Gasteiger partial charge in [0.2, 0.25) is 5.91 Å². The lowest BCUT2D eigenvalue weighted by Crippen LogP contribution is -2.50. The lowest BCUT2D eigenvalue weighted by molar-refractivity contribution is -0.142. The Labute approximate surface area is 158 Å². The monoisotopic (exact) mass is 398 g/mol. The van der Waals surface area contributed by atoms with Crippen LogP contribution in [0.1, 0.15) is 32.3 Å². The summed E-state index contributed by atoms with van der Waals surface area (Å²) in [4.78, 5) is 43.3. The standard InChI is InChI=1S/C18H27N2O6P/c1-11(2)8-13-10-14(20-17(13)27(24,25)26)16(21)19-15(18(22)23)9-12-6-4-3-5-7-12/h3-7,11,13-15,17,20H,8-10H2,1-2H3,(H,19,21)(H,22,23)(H2,24,25,26)/t13-,14+,15+,17+/m1/s1. The van der Waals surface area contributed by atoms with Gasteiger partial charge in [0.25, 0.3) is 0 Å². The van der Waals surface area contributed by atoms with Gasteiger partial charge in [0, 0.05) is 6.42 Å². The van der Waals surface area contributed by atoms with Crippen molar-refractivity contribution in [3.8, 4) is 0 Å². The van der Waals surface area contributed by atoms with Gasteiger partial charge in [-0.15, -0.1) is 0 Å². The van der Waals surface area contributed by atoms with Gasteiger partial charge in [-0.3, -0.25) is 14.7 Å². The van der Waals surface area contributed by atoms with Gasteiger partial charge >= 0.3 is 13.6 Å². The highest BCUT2D eigenvalue weighted by Crippen LogP contribution is 2.49. The van der Waals surface area contributed by atoms with Gasteiger partial charge in [0.05, 0.1) is 6.04 Å². The van der Waals surface area contributed by atoms with E-state index in [-0.39, 0.29) is 24.7 Å². The normalized spacial score (nSPS) is 24.0. The third kappa shape index (κ3) is 6.14. The smallest absolute Gasteiger partial charge is 0.342 e. The van der Waals surface area contributed by atoms with Crippen LogP contribution in [-0.2, 0) is 20.6 Å². The fraction of sp³-hybridized carbons (Fsp3) is 0.556. The predicted molar refractivity (Wildman–Crippen MR) is 100 cm³/mol. The van der Waals surface area contributed by atoms with Gasteiger partial charge in [0.1, 0.15) is 11.8 Å². The second kappa shape index (κ2) is 8.97. The van der Waals surface area contributed by atoms with E-state index in [1.54, 1.807) is 24.3 Å². The van der Waals surface area contributed by atoms with Gasteiger partial charge < -0.3 is 20.2 Å². The maximum absolute atomic E-state index is 12.6. The summed E-state index contributed by atoms with van der Waals surface area (Å²) in [5.41, 5.74) is 0.773.